The third-order valence-corrected chi connectivity index (χ3v) is 4.37. The molecule has 0 atom stereocenters. The van der Waals surface area contributed by atoms with Crippen molar-refractivity contribution in [2.75, 3.05) is 21.3 Å². The Labute approximate surface area is 154 Å². The Kier molecular flexibility index (Phi) is 4.79. The number of ether oxygens (including phenoxy) is 3. The molecule has 0 radical (unpaired) electrons. The van der Waals surface area contributed by atoms with Gasteiger partial charge in [-0.15, -0.1) is 0 Å². The van der Waals surface area contributed by atoms with E-state index < -0.39 is 5.97 Å². The molecule has 1 heterocycles. The summed E-state index contributed by atoms with van der Waals surface area (Å²) in [5.74, 6) is 0.445. The standard InChI is InChI=1S/C18H15Cl2NO4/c1-23-16-9-14-10(6-12(16)18(22)25-3)4-5-21(14)15-8-11(19)7-13(20)17(15)24-2/h4-9H,1-3H3. The first-order valence-electron chi connectivity index (χ1n) is 7.31. The molecule has 5 nitrogen and oxygen atoms in total. The number of esters is 1. The number of methoxy groups -OCH3 is 3. The SMILES string of the molecule is COC(=O)c1cc2ccn(-c3cc(Cl)cc(Cl)c3OC)c2cc1OC. The van der Waals surface area contributed by atoms with Crippen molar-refractivity contribution in [2.45, 2.75) is 0 Å². The summed E-state index contributed by atoms with van der Waals surface area (Å²) in [6.07, 6.45) is 1.84. The fourth-order valence-electron chi connectivity index (χ4n) is 2.74. The van der Waals surface area contributed by atoms with E-state index in [9.17, 15) is 4.79 Å². The van der Waals surface area contributed by atoms with Crippen LogP contribution in [0.2, 0.25) is 10.0 Å². The van der Waals surface area contributed by atoms with E-state index in [0.29, 0.717) is 32.8 Å². The summed E-state index contributed by atoms with van der Waals surface area (Å²) in [4.78, 5) is 11.9. The first kappa shape index (κ1) is 17.5. The molecule has 0 saturated heterocycles. The second kappa shape index (κ2) is 6.86. The number of carbonyl (C=O) groups excluding carboxylic acids is 1. The summed E-state index contributed by atoms with van der Waals surface area (Å²) in [7, 11) is 4.37. The topological polar surface area (TPSA) is 49.7 Å². The second-order valence-corrected chi connectivity index (χ2v) is 6.07. The Bertz CT molecular complexity index is 965. The first-order chi connectivity index (χ1) is 12.0. The lowest BCUT2D eigenvalue weighted by Crippen LogP contribution is -2.04. The number of fused-ring (bicyclic) bond motifs is 1. The van der Waals surface area contributed by atoms with E-state index in [1.807, 2.05) is 16.8 Å². The predicted molar refractivity (Wildman–Crippen MR) is 97.7 cm³/mol. The van der Waals surface area contributed by atoms with Crippen LogP contribution in [0.25, 0.3) is 16.6 Å². The van der Waals surface area contributed by atoms with Gasteiger partial charge in [-0.05, 0) is 24.3 Å². The number of hydrogen-bond donors (Lipinski definition) is 0. The minimum Gasteiger partial charge on any atom is -0.496 e. The summed E-state index contributed by atoms with van der Waals surface area (Å²) >= 11 is 12.4. The molecule has 1 aromatic heterocycles. The number of hydrogen-bond acceptors (Lipinski definition) is 4. The number of halogens is 2. The molecule has 0 aliphatic heterocycles. The minimum atomic E-state index is -0.463. The molecule has 0 bridgehead atoms. The lowest BCUT2D eigenvalue weighted by atomic mass is 10.1. The highest BCUT2D eigenvalue weighted by molar-refractivity contribution is 6.36. The van der Waals surface area contributed by atoms with Crippen LogP contribution in [-0.4, -0.2) is 31.9 Å². The molecule has 130 valence electrons. The van der Waals surface area contributed by atoms with Gasteiger partial charge in [0.05, 0.1) is 37.6 Å². The van der Waals surface area contributed by atoms with Crippen LogP contribution in [0.15, 0.2) is 36.5 Å². The van der Waals surface area contributed by atoms with Crippen molar-refractivity contribution in [1.82, 2.24) is 4.57 Å². The Morgan fingerprint density at radius 3 is 2.44 bits per heavy atom. The monoisotopic (exact) mass is 379 g/mol. The van der Waals surface area contributed by atoms with Crippen LogP contribution in [0, 0.1) is 0 Å². The lowest BCUT2D eigenvalue weighted by molar-refractivity contribution is 0.0597. The van der Waals surface area contributed by atoms with E-state index in [2.05, 4.69) is 0 Å². The normalized spacial score (nSPS) is 10.8. The third kappa shape index (κ3) is 3.01. The molecule has 25 heavy (non-hydrogen) atoms. The molecule has 0 amide bonds. The highest BCUT2D eigenvalue weighted by atomic mass is 35.5. The van der Waals surface area contributed by atoms with Gasteiger partial charge < -0.3 is 18.8 Å². The smallest absolute Gasteiger partial charge is 0.341 e. The number of nitrogens with zero attached hydrogens (tertiary/aromatic N) is 1. The van der Waals surface area contributed by atoms with Gasteiger partial charge in [-0.3, -0.25) is 0 Å². The predicted octanol–water partition coefficient (Wildman–Crippen LogP) is 4.74. The van der Waals surface area contributed by atoms with Crippen molar-refractivity contribution in [1.29, 1.82) is 0 Å². The van der Waals surface area contributed by atoms with E-state index in [-0.39, 0.29) is 0 Å². The summed E-state index contributed by atoms with van der Waals surface area (Å²) in [6, 6.07) is 8.72. The molecule has 0 N–H and O–H groups in total. The molecule has 2 aromatic carbocycles. The maximum Gasteiger partial charge on any atom is 0.341 e. The Balaban J connectivity index is 2.28. The summed E-state index contributed by atoms with van der Waals surface area (Å²) in [6.45, 7) is 0. The van der Waals surface area contributed by atoms with Crippen LogP contribution in [0.1, 0.15) is 10.4 Å². The molecule has 0 aliphatic carbocycles. The third-order valence-electron chi connectivity index (χ3n) is 3.87. The van der Waals surface area contributed by atoms with E-state index in [4.69, 9.17) is 37.4 Å². The van der Waals surface area contributed by atoms with E-state index in [1.54, 1.807) is 31.4 Å². The van der Waals surface area contributed by atoms with Gasteiger partial charge in [0.1, 0.15) is 11.3 Å². The molecule has 3 rings (SSSR count). The van der Waals surface area contributed by atoms with Crippen molar-refractivity contribution < 1.29 is 19.0 Å². The average molecular weight is 380 g/mol. The molecule has 7 heteroatoms. The maximum atomic E-state index is 11.9. The van der Waals surface area contributed by atoms with Crippen LogP contribution in [0.4, 0.5) is 0 Å². The zero-order valence-corrected chi connectivity index (χ0v) is 15.3. The van der Waals surface area contributed by atoms with Crippen molar-refractivity contribution in [2.24, 2.45) is 0 Å². The highest BCUT2D eigenvalue weighted by Gasteiger charge is 2.18. The van der Waals surface area contributed by atoms with Crippen molar-refractivity contribution in [3.8, 4) is 17.2 Å². The van der Waals surface area contributed by atoms with Gasteiger partial charge in [0, 0.05) is 22.7 Å². The molecule has 0 saturated carbocycles. The molecular formula is C18H15Cl2NO4. The Morgan fingerprint density at radius 1 is 1.04 bits per heavy atom. The number of aromatic nitrogens is 1. The molecule has 0 fully saturated rings. The van der Waals surface area contributed by atoms with Gasteiger partial charge in [-0.2, -0.15) is 0 Å². The summed E-state index contributed by atoms with van der Waals surface area (Å²) in [5.41, 5.74) is 1.84. The fraction of sp³-hybridized carbons (Fsp3) is 0.167. The van der Waals surface area contributed by atoms with Crippen molar-refractivity contribution in [3.05, 3.63) is 52.1 Å². The van der Waals surface area contributed by atoms with Crippen LogP contribution < -0.4 is 9.47 Å². The minimum absolute atomic E-state index is 0.353. The van der Waals surface area contributed by atoms with Crippen LogP contribution in [-0.2, 0) is 4.74 Å². The molecular weight excluding hydrogens is 365 g/mol. The quantitative estimate of drug-likeness (QED) is 0.614. The maximum absolute atomic E-state index is 11.9. The van der Waals surface area contributed by atoms with Crippen LogP contribution in [0.3, 0.4) is 0 Å². The zero-order chi connectivity index (χ0) is 18.1. The van der Waals surface area contributed by atoms with Crippen LogP contribution in [0.5, 0.6) is 11.5 Å². The van der Waals surface area contributed by atoms with E-state index >= 15 is 0 Å². The largest absolute Gasteiger partial charge is 0.496 e. The van der Waals surface area contributed by atoms with Crippen molar-refractivity contribution in [3.63, 3.8) is 0 Å². The van der Waals surface area contributed by atoms with Gasteiger partial charge in [-0.1, -0.05) is 23.2 Å². The second-order valence-electron chi connectivity index (χ2n) is 5.23. The van der Waals surface area contributed by atoms with Gasteiger partial charge in [0.2, 0.25) is 0 Å². The lowest BCUT2D eigenvalue weighted by Gasteiger charge is -2.14. The van der Waals surface area contributed by atoms with E-state index in [1.165, 1.54) is 14.2 Å². The van der Waals surface area contributed by atoms with Gasteiger partial charge in [-0.25, -0.2) is 4.79 Å². The van der Waals surface area contributed by atoms with E-state index in [0.717, 1.165) is 10.9 Å². The molecule has 0 aliphatic rings. The van der Waals surface area contributed by atoms with Gasteiger partial charge in [0.15, 0.2) is 5.75 Å². The molecule has 0 spiro atoms. The van der Waals surface area contributed by atoms with Crippen molar-refractivity contribution >= 4 is 40.1 Å². The number of benzene rings is 2. The molecule has 3 aromatic rings. The average Bonchev–Trinajstić information content (AvgIpc) is 3.01. The Morgan fingerprint density at radius 2 is 1.80 bits per heavy atom. The summed E-state index contributed by atoms with van der Waals surface area (Å²) in [5, 5.41) is 1.73. The number of rotatable bonds is 4. The van der Waals surface area contributed by atoms with Gasteiger partial charge >= 0.3 is 5.97 Å². The number of carbonyl (C=O) groups is 1. The highest BCUT2D eigenvalue weighted by Crippen LogP contribution is 2.37. The fourth-order valence-corrected chi connectivity index (χ4v) is 3.30. The van der Waals surface area contributed by atoms with Gasteiger partial charge in [0.25, 0.3) is 0 Å². The van der Waals surface area contributed by atoms with Crippen LogP contribution >= 0.6 is 23.2 Å². The molecule has 0 unspecified atom stereocenters. The summed E-state index contributed by atoms with van der Waals surface area (Å²) < 4.78 is 17.4. The zero-order valence-electron chi connectivity index (χ0n) is 13.8. The first-order valence-corrected chi connectivity index (χ1v) is 8.06. The Hall–Kier alpha value is -2.37.